The van der Waals surface area contributed by atoms with Crippen LogP contribution >= 0.6 is 15.9 Å². The van der Waals surface area contributed by atoms with E-state index in [0.717, 1.165) is 0 Å². The maximum Gasteiger partial charge on any atom is 0.244 e. The van der Waals surface area contributed by atoms with Crippen molar-refractivity contribution in [3.8, 4) is 0 Å². The van der Waals surface area contributed by atoms with Crippen molar-refractivity contribution in [1.82, 2.24) is 14.9 Å². The number of amides is 1. The second-order valence-corrected chi connectivity index (χ2v) is 4.77. The molecule has 7 nitrogen and oxygen atoms in total. The molecular weight excluding hydrogens is 312 g/mol. The van der Waals surface area contributed by atoms with Gasteiger partial charge in [0.15, 0.2) is 0 Å². The van der Waals surface area contributed by atoms with Crippen molar-refractivity contribution in [3.05, 3.63) is 10.7 Å². The molecule has 0 bridgehead atoms. The van der Waals surface area contributed by atoms with E-state index in [1.165, 1.54) is 0 Å². The molecule has 0 fully saturated rings. The van der Waals surface area contributed by atoms with Gasteiger partial charge in [-0.2, -0.15) is 4.98 Å². The third-order valence-electron chi connectivity index (χ3n) is 2.67. The van der Waals surface area contributed by atoms with Crippen molar-refractivity contribution in [2.24, 2.45) is 5.84 Å². The molecule has 0 radical (unpaired) electrons. The lowest BCUT2D eigenvalue weighted by Crippen LogP contribution is -2.41. The molecule has 106 valence electrons. The standard InChI is InChI=1S/C11H19BrN6O/c1-4-18(5-2)10(19)7(3)15-9-8(12)6-14-11(16-9)17-13/h6-7H,4-5,13H2,1-3H3,(H2,14,15,16,17). The molecule has 1 aromatic heterocycles. The number of nitrogens with zero attached hydrogens (tertiary/aromatic N) is 3. The van der Waals surface area contributed by atoms with E-state index < -0.39 is 0 Å². The van der Waals surface area contributed by atoms with Crippen LogP contribution in [0.25, 0.3) is 0 Å². The van der Waals surface area contributed by atoms with Gasteiger partial charge in [-0.15, -0.1) is 0 Å². The average molecular weight is 331 g/mol. The highest BCUT2D eigenvalue weighted by Crippen LogP contribution is 2.20. The van der Waals surface area contributed by atoms with Gasteiger partial charge in [-0.25, -0.2) is 10.8 Å². The molecule has 1 aromatic rings. The van der Waals surface area contributed by atoms with Crippen molar-refractivity contribution >= 4 is 33.6 Å². The van der Waals surface area contributed by atoms with Crippen molar-refractivity contribution in [3.63, 3.8) is 0 Å². The third-order valence-corrected chi connectivity index (χ3v) is 3.25. The van der Waals surface area contributed by atoms with E-state index in [1.54, 1.807) is 18.0 Å². The first-order valence-corrected chi connectivity index (χ1v) is 6.87. The predicted molar refractivity (Wildman–Crippen MR) is 78.6 cm³/mol. The van der Waals surface area contributed by atoms with Crippen molar-refractivity contribution in [1.29, 1.82) is 0 Å². The summed E-state index contributed by atoms with van der Waals surface area (Å²) in [5.41, 5.74) is 2.36. The molecule has 8 heteroatoms. The van der Waals surface area contributed by atoms with Gasteiger partial charge in [-0.05, 0) is 36.7 Å². The molecule has 1 rings (SSSR count). The van der Waals surface area contributed by atoms with Crippen LogP contribution in [0.2, 0.25) is 0 Å². The fraction of sp³-hybridized carbons (Fsp3) is 0.545. The molecule has 19 heavy (non-hydrogen) atoms. The maximum atomic E-state index is 12.1. The lowest BCUT2D eigenvalue weighted by atomic mass is 10.2. The molecule has 0 aromatic carbocycles. The topological polar surface area (TPSA) is 96.2 Å². The first-order chi connectivity index (χ1) is 9.03. The van der Waals surface area contributed by atoms with E-state index in [0.29, 0.717) is 23.4 Å². The van der Waals surface area contributed by atoms with Crippen LogP contribution in [-0.4, -0.2) is 39.9 Å². The molecule has 0 aliphatic carbocycles. The van der Waals surface area contributed by atoms with Crippen LogP contribution in [0.3, 0.4) is 0 Å². The van der Waals surface area contributed by atoms with Crippen LogP contribution in [-0.2, 0) is 4.79 Å². The van der Waals surface area contributed by atoms with E-state index in [1.807, 2.05) is 13.8 Å². The first kappa shape index (κ1) is 15.6. The zero-order valence-electron chi connectivity index (χ0n) is 11.3. The number of halogens is 1. The zero-order chi connectivity index (χ0) is 14.4. The summed E-state index contributed by atoms with van der Waals surface area (Å²) in [5.74, 6) is 6.09. The van der Waals surface area contributed by atoms with Gasteiger partial charge in [-0.1, -0.05) is 0 Å². The van der Waals surface area contributed by atoms with E-state index in [4.69, 9.17) is 5.84 Å². The molecule has 1 heterocycles. The average Bonchev–Trinajstić information content (AvgIpc) is 2.42. The monoisotopic (exact) mass is 330 g/mol. The Balaban J connectivity index is 2.81. The Hall–Kier alpha value is -1.41. The maximum absolute atomic E-state index is 12.1. The summed E-state index contributed by atoms with van der Waals surface area (Å²) in [6, 6.07) is -0.378. The predicted octanol–water partition coefficient (Wildman–Crippen LogP) is 1.19. The minimum absolute atomic E-state index is 0.0257. The van der Waals surface area contributed by atoms with E-state index in [2.05, 4.69) is 36.6 Å². The Bertz CT molecular complexity index is 437. The Kier molecular flexibility index (Phi) is 5.97. The summed E-state index contributed by atoms with van der Waals surface area (Å²) in [6.45, 7) is 7.06. The van der Waals surface area contributed by atoms with Crippen LogP contribution in [0.4, 0.5) is 11.8 Å². The van der Waals surface area contributed by atoms with Crippen LogP contribution in [0.5, 0.6) is 0 Å². The lowest BCUT2D eigenvalue weighted by molar-refractivity contribution is -0.131. The van der Waals surface area contributed by atoms with E-state index in [-0.39, 0.29) is 17.9 Å². The minimum Gasteiger partial charge on any atom is -0.358 e. The number of carbonyl (C=O) groups excluding carboxylic acids is 1. The van der Waals surface area contributed by atoms with Gasteiger partial charge >= 0.3 is 0 Å². The van der Waals surface area contributed by atoms with Crippen molar-refractivity contribution in [2.45, 2.75) is 26.8 Å². The molecule has 0 saturated heterocycles. The highest BCUT2D eigenvalue weighted by atomic mass is 79.9. The van der Waals surface area contributed by atoms with Gasteiger partial charge in [0.05, 0.1) is 4.47 Å². The Morgan fingerprint density at radius 2 is 2.16 bits per heavy atom. The van der Waals surface area contributed by atoms with Crippen LogP contribution < -0.4 is 16.6 Å². The summed E-state index contributed by atoms with van der Waals surface area (Å²) >= 11 is 3.33. The zero-order valence-corrected chi connectivity index (χ0v) is 12.9. The minimum atomic E-state index is -0.378. The largest absolute Gasteiger partial charge is 0.358 e. The van der Waals surface area contributed by atoms with E-state index >= 15 is 0 Å². The van der Waals surface area contributed by atoms with Crippen molar-refractivity contribution < 1.29 is 4.79 Å². The molecule has 1 unspecified atom stereocenters. The Morgan fingerprint density at radius 3 is 2.68 bits per heavy atom. The van der Waals surface area contributed by atoms with Crippen LogP contribution in [0, 0.1) is 0 Å². The number of nitrogen functional groups attached to an aromatic ring is 1. The van der Waals surface area contributed by atoms with Gasteiger partial charge in [0.25, 0.3) is 0 Å². The number of rotatable bonds is 6. The molecule has 4 N–H and O–H groups in total. The van der Waals surface area contributed by atoms with E-state index in [9.17, 15) is 4.79 Å². The summed E-state index contributed by atoms with van der Waals surface area (Å²) in [5, 5.41) is 3.05. The van der Waals surface area contributed by atoms with Gasteiger partial charge in [0, 0.05) is 19.3 Å². The normalized spacial score (nSPS) is 11.8. The summed E-state index contributed by atoms with van der Waals surface area (Å²) in [7, 11) is 0. The highest BCUT2D eigenvalue weighted by Gasteiger charge is 2.19. The third kappa shape index (κ3) is 4.03. The fourth-order valence-electron chi connectivity index (χ4n) is 1.61. The number of nitrogens with one attached hydrogen (secondary N) is 2. The van der Waals surface area contributed by atoms with Gasteiger partial charge in [-0.3, -0.25) is 10.2 Å². The number of anilines is 2. The van der Waals surface area contributed by atoms with Gasteiger partial charge in [0.1, 0.15) is 11.9 Å². The number of hydrogen-bond acceptors (Lipinski definition) is 6. The number of likely N-dealkylation sites (N-methyl/N-ethyl adjacent to an activating group) is 1. The summed E-state index contributed by atoms with van der Waals surface area (Å²) in [6.07, 6.45) is 1.57. The Morgan fingerprint density at radius 1 is 1.53 bits per heavy atom. The molecule has 0 saturated carbocycles. The lowest BCUT2D eigenvalue weighted by Gasteiger charge is -2.24. The molecular formula is C11H19BrN6O. The number of nitrogens with two attached hydrogens (primary N) is 1. The Labute approximate surface area is 121 Å². The van der Waals surface area contributed by atoms with Gasteiger partial charge < -0.3 is 10.2 Å². The van der Waals surface area contributed by atoms with Crippen molar-refractivity contribution in [2.75, 3.05) is 23.8 Å². The quantitative estimate of drug-likeness (QED) is 0.535. The molecule has 1 atom stereocenters. The summed E-state index contributed by atoms with van der Waals surface area (Å²) in [4.78, 5) is 22.0. The number of carbonyl (C=O) groups is 1. The van der Waals surface area contributed by atoms with Crippen LogP contribution in [0.15, 0.2) is 10.7 Å². The molecule has 0 aliphatic rings. The number of hydrazine groups is 1. The fourth-order valence-corrected chi connectivity index (χ4v) is 1.92. The smallest absolute Gasteiger partial charge is 0.244 e. The second kappa shape index (κ2) is 7.25. The number of hydrogen-bond donors (Lipinski definition) is 3. The molecule has 0 spiro atoms. The summed E-state index contributed by atoms with van der Waals surface area (Å²) < 4.78 is 0.672. The SMILES string of the molecule is CCN(CC)C(=O)C(C)Nc1nc(NN)ncc1Br. The van der Waals surface area contributed by atoms with Gasteiger partial charge in [0.2, 0.25) is 11.9 Å². The second-order valence-electron chi connectivity index (χ2n) is 3.91. The molecule has 1 amide bonds. The highest BCUT2D eigenvalue weighted by molar-refractivity contribution is 9.10. The first-order valence-electron chi connectivity index (χ1n) is 6.07. The molecule has 0 aliphatic heterocycles. The van der Waals surface area contributed by atoms with Crippen LogP contribution in [0.1, 0.15) is 20.8 Å². The number of aromatic nitrogens is 2.